The van der Waals surface area contributed by atoms with E-state index in [0.717, 1.165) is 5.56 Å². The molecule has 30 heavy (non-hydrogen) atoms. The molecule has 0 radical (unpaired) electrons. The number of para-hydroxylation sites is 1. The standard InChI is InChI=1S/C23H15N3O4/c24-13-15-8-10-16(11-9-15)14-30-23-25-20-7-2-1-6-19(20)21(27)26(23)18-5-3-4-17(12-18)22(28)29/h1-12H,14H2,(H,28,29). The van der Waals surface area contributed by atoms with E-state index in [1.54, 1.807) is 60.7 Å². The zero-order chi connectivity index (χ0) is 21.1. The first-order valence-corrected chi connectivity index (χ1v) is 9.04. The van der Waals surface area contributed by atoms with Gasteiger partial charge in [-0.2, -0.15) is 10.2 Å². The van der Waals surface area contributed by atoms with Crippen molar-refractivity contribution in [2.45, 2.75) is 6.61 Å². The van der Waals surface area contributed by atoms with Gasteiger partial charge in [0.25, 0.3) is 5.56 Å². The van der Waals surface area contributed by atoms with Gasteiger partial charge >= 0.3 is 12.0 Å². The lowest BCUT2D eigenvalue weighted by Crippen LogP contribution is -2.22. The van der Waals surface area contributed by atoms with Crippen LogP contribution in [0.4, 0.5) is 0 Å². The van der Waals surface area contributed by atoms with Crippen molar-refractivity contribution in [1.82, 2.24) is 9.55 Å². The summed E-state index contributed by atoms with van der Waals surface area (Å²) in [4.78, 5) is 29.0. The van der Waals surface area contributed by atoms with Crippen LogP contribution in [0.2, 0.25) is 0 Å². The molecule has 0 atom stereocenters. The first-order valence-electron chi connectivity index (χ1n) is 9.04. The number of benzene rings is 3. The van der Waals surface area contributed by atoms with Crippen LogP contribution in [0.1, 0.15) is 21.5 Å². The van der Waals surface area contributed by atoms with Gasteiger partial charge in [0.15, 0.2) is 0 Å². The van der Waals surface area contributed by atoms with Crippen molar-refractivity contribution in [2.24, 2.45) is 0 Å². The number of carboxylic acids is 1. The van der Waals surface area contributed by atoms with Crippen molar-refractivity contribution in [1.29, 1.82) is 5.26 Å². The summed E-state index contributed by atoms with van der Waals surface area (Å²) < 4.78 is 7.12. The average molecular weight is 397 g/mol. The van der Waals surface area contributed by atoms with E-state index in [9.17, 15) is 14.7 Å². The number of carboxylic acid groups (broad SMARTS) is 1. The molecular weight excluding hydrogens is 382 g/mol. The number of hydrogen-bond donors (Lipinski definition) is 1. The molecule has 0 bridgehead atoms. The van der Waals surface area contributed by atoms with E-state index in [2.05, 4.69) is 11.1 Å². The van der Waals surface area contributed by atoms with Gasteiger partial charge in [0.2, 0.25) is 0 Å². The van der Waals surface area contributed by atoms with Crippen LogP contribution < -0.4 is 10.3 Å². The Morgan fingerprint density at radius 3 is 2.57 bits per heavy atom. The van der Waals surface area contributed by atoms with Crippen molar-refractivity contribution in [2.75, 3.05) is 0 Å². The highest BCUT2D eigenvalue weighted by Crippen LogP contribution is 2.20. The predicted molar refractivity (Wildman–Crippen MR) is 110 cm³/mol. The van der Waals surface area contributed by atoms with Gasteiger partial charge in [0, 0.05) is 0 Å². The van der Waals surface area contributed by atoms with Crippen molar-refractivity contribution in [3.8, 4) is 17.8 Å². The fourth-order valence-electron chi connectivity index (χ4n) is 3.04. The lowest BCUT2D eigenvalue weighted by atomic mass is 10.2. The lowest BCUT2D eigenvalue weighted by Gasteiger charge is -2.14. The molecule has 1 heterocycles. The molecule has 0 saturated heterocycles. The van der Waals surface area contributed by atoms with E-state index in [4.69, 9.17) is 10.00 Å². The van der Waals surface area contributed by atoms with Crippen LogP contribution in [-0.2, 0) is 6.61 Å². The summed E-state index contributed by atoms with van der Waals surface area (Å²) >= 11 is 0. The smallest absolute Gasteiger partial charge is 0.335 e. The van der Waals surface area contributed by atoms with Gasteiger partial charge in [0.1, 0.15) is 6.61 Å². The summed E-state index contributed by atoms with van der Waals surface area (Å²) in [6.07, 6.45) is 0. The molecule has 1 N–H and O–H groups in total. The number of aromatic nitrogens is 2. The summed E-state index contributed by atoms with van der Waals surface area (Å²) in [5.41, 5.74) is 1.83. The highest BCUT2D eigenvalue weighted by atomic mass is 16.5. The molecule has 0 amide bonds. The maximum absolute atomic E-state index is 13.2. The van der Waals surface area contributed by atoms with Crippen molar-refractivity contribution in [3.63, 3.8) is 0 Å². The van der Waals surface area contributed by atoms with E-state index < -0.39 is 5.97 Å². The number of fused-ring (bicyclic) bond motifs is 1. The van der Waals surface area contributed by atoms with Gasteiger partial charge in [-0.3, -0.25) is 4.79 Å². The third-order valence-corrected chi connectivity index (χ3v) is 4.55. The summed E-state index contributed by atoms with van der Waals surface area (Å²) in [7, 11) is 0. The Kier molecular flexibility index (Phi) is 4.97. The van der Waals surface area contributed by atoms with Gasteiger partial charge in [-0.25, -0.2) is 9.36 Å². The number of nitriles is 1. The number of rotatable bonds is 5. The molecule has 4 aromatic rings. The Labute approximate surface area is 171 Å². The summed E-state index contributed by atoms with van der Waals surface area (Å²) in [5, 5.41) is 18.6. The summed E-state index contributed by atoms with van der Waals surface area (Å²) in [6, 6.07) is 21.9. The fraction of sp³-hybridized carbons (Fsp3) is 0.0435. The monoisotopic (exact) mass is 397 g/mol. The second-order valence-electron chi connectivity index (χ2n) is 6.50. The van der Waals surface area contributed by atoms with Gasteiger partial charge in [-0.05, 0) is 48.0 Å². The second-order valence-corrected chi connectivity index (χ2v) is 6.50. The minimum absolute atomic E-state index is 0.0469. The number of nitrogens with zero attached hydrogens (tertiary/aromatic N) is 3. The summed E-state index contributed by atoms with van der Waals surface area (Å²) in [6.45, 7) is 0.120. The Hall–Kier alpha value is -4.44. The molecule has 1 aromatic heterocycles. The second kappa shape index (κ2) is 7.89. The SMILES string of the molecule is N#Cc1ccc(COc2nc3ccccc3c(=O)n2-c2cccc(C(=O)O)c2)cc1. The Morgan fingerprint density at radius 1 is 1.07 bits per heavy atom. The van der Waals surface area contributed by atoms with Crippen molar-refractivity contribution < 1.29 is 14.6 Å². The maximum atomic E-state index is 13.2. The molecule has 0 aliphatic carbocycles. The Morgan fingerprint density at radius 2 is 1.83 bits per heavy atom. The molecule has 0 unspecified atom stereocenters. The van der Waals surface area contributed by atoms with Crippen LogP contribution in [-0.4, -0.2) is 20.6 Å². The van der Waals surface area contributed by atoms with Crippen molar-refractivity contribution in [3.05, 3.63) is 99.8 Å². The van der Waals surface area contributed by atoms with Crippen LogP contribution in [0.5, 0.6) is 6.01 Å². The van der Waals surface area contributed by atoms with Crippen LogP contribution in [0.3, 0.4) is 0 Å². The molecule has 0 spiro atoms. The van der Waals surface area contributed by atoms with Gasteiger partial charge in [-0.15, -0.1) is 0 Å². The molecule has 7 heteroatoms. The van der Waals surface area contributed by atoms with E-state index >= 15 is 0 Å². The molecule has 4 rings (SSSR count). The van der Waals surface area contributed by atoms with Crippen LogP contribution in [0.25, 0.3) is 16.6 Å². The lowest BCUT2D eigenvalue weighted by molar-refractivity contribution is 0.0697. The third kappa shape index (κ3) is 3.62. The van der Waals surface area contributed by atoms with Crippen LogP contribution in [0, 0.1) is 11.3 Å². The van der Waals surface area contributed by atoms with Gasteiger partial charge in [-0.1, -0.05) is 30.3 Å². The minimum atomic E-state index is -1.10. The van der Waals surface area contributed by atoms with Crippen LogP contribution >= 0.6 is 0 Å². The average Bonchev–Trinajstić information content (AvgIpc) is 2.78. The van der Waals surface area contributed by atoms with Crippen LogP contribution in [0.15, 0.2) is 77.6 Å². The normalized spacial score (nSPS) is 10.5. The van der Waals surface area contributed by atoms with E-state index in [0.29, 0.717) is 22.2 Å². The molecule has 7 nitrogen and oxygen atoms in total. The predicted octanol–water partition coefficient (Wildman–Crippen LogP) is 3.53. The molecule has 3 aromatic carbocycles. The maximum Gasteiger partial charge on any atom is 0.335 e. The van der Waals surface area contributed by atoms with E-state index in [-0.39, 0.29) is 23.7 Å². The largest absolute Gasteiger partial charge is 0.478 e. The topological polar surface area (TPSA) is 105 Å². The molecule has 0 aliphatic heterocycles. The fourth-order valence-corrected chi connectivity index (χ4v) is 3.04. The first-order chi connectivity index (χ1) is 14.6. The highest BCUT2D eigenvalue weighted by Gasteiger charge is 2.15. The Balaban J connectivity index is 1.82. The zero-order valence-electron chi connectivity index (χ0n) is 15.6. The van der Waals surface area contributed by atoms with E-state index in [1.807, 2.05) is 0 Å². The Bertz CT molecular complexity index is 1350. The zero-order valence-corrected chi connectivity index (χ0v) is 15.6. The van der Waals surface area contributed by atoms with Gasteiger partial charge < -0.3 is 9.84 Å². The van der Waals surface area contributed by atoms with E-state index in [1.165, 1.54) is 16.7 Å². The molecule has 0 aliphatic rings. The molecular formula is C23H15N3O4. The number of carbonyl (C=O) groups is 1. The summed E-state index contributed by atoms with van der Waals surface area (Å²) in [5.74, 6) is -1.10. The number of ether oxygens (including phenoxy) is 1. The third-order valence-electron chi connectivity index (χ3n) is 4.55. The molecule has 0 fully saturated rings. The quantitative estimate of drug-likeness (QED) is 0.552. The molecule has 0 saturated carbocycles. The highest BCUT2D eigenvalue weighted by molar-refractivity contribution is 5.88. The number of hydrogen-bond acceptors (Lipinski definition) is 5. The first kappa shape index (κ1) is 18.9. The minimum Gasteiger partial charge on any atom is -0.478 e. The van der Waals surface area contributed by atoms with Crippen molar-refractivity contribution >= 4 is 16.9 Å². The number of aromatic carboxylic acids is 1. The van der Waals surface area contributed by atoms with Gasteiger partial charge in [0.05, 0.1) is 33.8 Å². The molecule has 146 valence electrons.